The molecule has 1 heterocycles. The van der Waals surface area contributed by atoms with E-state index in [2.05, 4.69) is 15.3 Å². The Morgan fingerprint density at radius 3 is 2.79 bits per heavy atom. The first-order chi connectivity index (χ1) is 9.08. The molecule has 1 aromatic carbocycles. The molecule has 100 valence electrons. The van der Waals surface area contributed by atoms with Crippen LogP contribution in [0.1, 0.15) is 18.5 Å². The number of thioether (sulfide) groups is 1. The minimum absolute atomic E-state index is 0.0697. The number of benzene rings is 1. The first-order valence-corrected chi connectivity index (χ1v) is 7.01. The van der Waals surface area contributed by atoms with Gasteiger partial charge >= 0.3 is 0 Å². The summed E-state index contributed by atoms with van der Waals surface area (Å²) in [7, 11) is 0. The quantitative estimate of drug-likeness (QED) is 0.664. The summed E-state index contributed by atoms with van der Waals surface area (Å²) in [5, 5.41) is 3.80. The molecule has 0 aliphatic heterocycles. The van der Waals surface area contributed by atoms with Crippen LogP contribution in [-0.2, 0) is 0 Å². The molecule has 1 unspecified atom stereocenters. The van der Waals surface area contributed by atoms with Crippen LogP contribution in [0.25, 0.3) is 0 Å². The maximum atomic E-state index is 13.2. The number of nitrogen functional groups attached to an aromatic ring is 1. The molecule has 19 heavy (non-hydrogen) atoms. The second kappa shape index (κ2) is 5.88. The van der Waals surface area contributed by atoms with Gasteiger partial charge in [0.15, 0.2) is 5.16 Å². The molecule has 0 fully saturated rings. The fraction of sp³-hybridized carbons (Fsp3) is 0.231. The van der Waals surface area contributed by atoms with Crippen molar-refractivity contribution >= 4 is 23.4 Å². The highest BCUT2D eigenvalue weighted by Gasteiger charge is 2.08. The van der Waals surface area contributed by atoms with Crippen LogP contribution in [0, 0.1) is 5.82 Å². The van der Waals surface area contributed by atoms with Gasteiger partial charge in [0.1, 0.15) is 17.5 Å². The molecule has 3 N–H and O–H groups in total. The average molecular weight is 278 g/mol. The first-order valence-electron chi connectivity index (χ1n) is 5.79. The fourth-order valence-corrected chi connectivity index (χ4v) is 2.08. The zero-order valence-electron chi connectivity index (χ0n) is 10.7. The molecule has 1 aromatic heterocycles. The Kier molecular flexibility index (Phi) is 4.21. The highest BCUT2D eigenvalue weighted by atomic mass is 32.2. The highest BCUT2D eigenvalue weighted by Crippen LogP contribution is 2.21. The molecule has 0 spiro atoms. The van der Waals surface area contributed by atoms with Crippen molar-refractivity contribution < 1.29 is 4.39 Å². The molecular weight excluding hydrogens is 263 g/mol. The molecule has 0 saturated heterocycles. The summed E-state index contributed by atoms with van der Waals surface area (Å²) < 4.78 is 13.2. The lowest BCUT2D eigenvalue weighted by Gasteiger charge is -2.15. The molecule has 0 saturated carbocycles. The zero-order chi connectivity index (χ0) is 13.8. The van der Waals surface area contributed by atoms with Crippen LogP contribution in [0.15, 0.2) is 35.5 Å². The smallest absolute Gasteiger partial charge is 0.191 e. The predicted molar refractivity (Wildman–Crippen MR) is 76.7 cm³/mol. The SMILES string of the molecule is CSc1nc(N)cc(NC(C)c2cccc(F)c2)n1. The topological polar surface area (TPSA) is 63.8 Å². The third kappa shape index (κ3) is 3.57. The van der Waals surface area contributed by atoms with E-state index in [4.69, 9.17) is 5.73 Å². The summed E-state index contributed by atoms with van der Waals surface area (Å²) >= 11 is 1.42. The predicted octanol–water partition coefficient (Wildman–Crippen LogP) is 3.09. The Labute approximate surface area is 115 Å². The molecule has 0 aliphatic rings. The lowest BCUT2D eigenvalue weighted by Crippen LogP contribution is -2.09. The van der Waals surface area contributed by atoms with Crippen LogP contribution in [0.5, 0.6) is 0 Å². The van der Waals surface area contributed by atoms with E-state index in [-0.39, 0.29) is 11.9 Å². The van der Waals surface area contributed by atoms with Gasteiger partial charge in [-0.1, -0.05) is 23.9 Å². The van der Waals surface area contributed by atoms with E-state index < -0.39 is 0 Å². The van der Waals surface area contributed by atoms with Crippen molar-refractivity contribution in [3.63, 3.8) is 0 Å². The van der Waals surface area contributed by atoms with Gasteiger partial charge in [-0.05, 0) is 30.9 Å². The molecule has 4 nitrogen and oxygen atoms in total. The van der Waals surface area contributed by atoms with E-state index in [1.54, 1.807) is 12.1 Å². The van der Waals surface area contributed by atoms with E-state index in [9.17, 15) is 4.39 Å². The van der Waals surface area contributed by atoms with Crippen molar-refractivity contribution in [1.29, 1.82) is 0 Å². The summed E-state index contributed by atoms with van der Waals surface area (Å²) in [5.74, 6) is 0.792. The maximum Gasteiger partial charge on any atom is 0.191 e. The Balaban J connectivity index is 2.18. The van der Waals surface area contributed by atoms with Gasteiger partial charge < -0.3 is 11.1 Å². The molecule has 2 rings (SSSR count). The van der Waals surface area contributed by atoms with E-state index in [0.717, 1.165) is 5.56 Å². The standard InChI is InChI=1S/C13H15FN4S/c1-8(9-4-3-5-10(14)6-9)16-12-7-11(15)17-13(18-12)19-2/h3-8H,1-2H3,(H3,15,16,17,18). The summed E-state index contributed by atoms with van der Waals surface area (Å²) in [6.45, 7) is 1.94. The van der Waals surface area contributed by atoms with Gasteiger partial charge in [-0.25, -0.2) is 14.4 Å². The molecule has 1 atom stereocenters. The van der Waals surface area contributed by atoms with E-state index in [0.29, 0.717) is 16.8 Å². The third-order valence-corrected chi connectivity index (χ3v) is 3.17. The summed E-state index contributed by atoms with van der Waals surface area (Å²) in [6, 6.07) is 8.06. The van der Waals surface area contributed by atoms with Gasteiger partial charge in [0.25, 0.3) is 0 Å². The van der Waals surface area contributed by atoms with Gasteiger partial charge in [-0.2, -0.15) is 0 Å². The van der Waals surface area contributed by atoms with Crippen molar-refractivity contribution in [1.82, 2.24) is 9.97 Å². The summed E-state index contributed by atoms with van der Waals surface area (Å²) in [6.07, 6.45) is 1.88. The van der Waals surface area contributed by atoms with Gasteiger partial charge in [0.2, 0.25) is 0 Å². The van der Waals surface area contributed by atoms with E-state index >= 15 is 0 Å². The van der Waals surface area contributed by atoms with Crippen molar-refractivity contribution in [3.05, 3.63) is 41.7 Å². The molecule has 2 aromatic rings. The number of nitrogens with one attached hydrogen (secondary N) is 1. The van der Waals surface area contributed by atoms with Gasteiger partial charge in [-0.15, -0.1) is 0 Å². The van der Waals surface area contributed by atoms with E-state index in [1.165, 1.54) is 23.9 Å². The Morgan fingerprint density at radius 1 is 1.32 bits per heavy atom. The number of anilines is 2. The number of halogens is 1. The number of aromatic nitrogens is 2. The lowest BCUT2D eigenvalue weighted by molar-refractivity contribution is 0.623. The Morgan fingerprint density at radius 2 is 2.11 bits per heavy atom. The van der Waals surface area contributed by atoms with Gasteiger partial charge in [-0.3, -0.25) is 0 Å². The number of hydrogen-bond donors (Lipinski definition) is 2. The van der Waals surface area contributed by atoms with Gasteiger partial charge in [0, 0.05) is 6.07 Å². The number of nitrogens with two attached hydrogens (primary N) is 1. The van der Waals surface area contributed by atoms with Crippen LogP contribution >= 0.6 is 11.8 Å². The number of rotatable bonds is 4. The monoisotopic (exact) mass is 278 g/mol. The van der Waals surface area contributed by atoms with Crippen LogP contribution in [0.4, 0.5) is 16.0 Å². The summed E-state index contributed by atoms with van der Waals surface area (Å²) in [5.41, 5.74) is 6.56. The fourth-order valence-electron chi connectivity index (χ4n) is 1.69. The van der Waals surface area contributed by atoms with Crippen LogP contribution in [0.2, 0.25) is 0 Å². The maximum absolute atomic E-state index is 13.2. The largest absolute Gasteiger partial charge is 0.383 e. The second-order valence-electron chi connectivity index (χ2n) is 4.09. The molecule has 0 bridgehead atoms. The van der Waals surface area contributed by atoms with Crippen molar-refractivity contribution in [3.8, 4) is 0 Å². The Bertz CT molecular complexity index is 576. The molecule has 0 aliphatic carbocycles. The molecular formula is C13H15FN4S. The highest BCUT2D eigenvalue weighted by molar-refractivity contribution is 7.98. The summed E-state index contributed by atoms with van der Waals surface area (Å²) in [4.78, 5) is 8.38. The van der Waals surface area contributed by atoms with Crippen LogP contribution in [0.3, 0.4) is 0 Å². The third-order valence-electron chi connectivity index (χ3n) is 2.62. The molecule has 0 radical (unpaired) electrons. The van der Waals surface area contributed by atoms with Gasteiger partial charge in [0.05, 0.1) is 6.04 Å². The van der Waals surface area contributed by atoms with E-state index in [1.807, 2.05) is 19.2 Å². The van der Waals surface area contributed by atoms with Crippen molar-refractivity contribution in [2.75, 3.05) is 17.3 Å². The van der Waals surface area contributed by atoms with Crippen molar-refractivity contribution in [2.45, 2.75) is 18.1 Å². The number of hydrogen-bond acceptors (Lipinski definition) is 5. The average Bonchev–Trinajstić information content (AvgIpc) is 2.38. The first kappa shape index (κ1) is 13.6. The van der Waals surface area contributed by atoms with Crippen LogP contribution < -0.4 is 11.1 Å². The molecule has 6 heteroatoms. The second-order valence-corrected chi connectivity index (χ2v) is 4.86. The minimum atomic E-state index is -0.252. The number of nitrogens with zero attached hydrogens (tertiary/aromatic N) is 2. The minimum Gasteiger partial charge on any atom is -0.383 e. The molecule has 0 amide bonds. The van der Waals surface area contributed by atoms with Crippen LogP contribution in [-0.4, -0.2) is 16.2 Å². The lowest BCUT2D eigenvalue weighted by atomic mass is 10.1. The Hall–Kier alpha value is -1.82. The normalized spacial score (nSPS) is 12.2. The van der Waals surface area contributed by atoms with Crippen molar-refractivity contribution in [2.24, 2.45) is 0 Å². The zero-order valence-corrected chi connectivity index (χ0v) is 11.5.